The average molecular weight is 554 g/mol. The number of nitrogens with zero attached hydrogens (tertiary/aromatic N) is 4. The van der Waals surface area contributed by atoms with Crippen molar-refractivity contribution < 1.29 is 26.7 Å². The first-order valence-corrected chi connectivity index (χ1v) is 13.0. The molecular weight excluding hydrogens is 525 g/mol. The summed E-state index contributed by atoms with van der Waals surface area (Å²) in [6, 6.07) is 4.69. The minimum absolute atomic E-state index is 0.0401. The molecule has 4 heterocycles. The van der Waals surface area contributed by atoms with Crippen LogP contribution in [0.2, 0.25) is 0 Å². The van der Waals surface area contributed by atoms with Gasteiger partial charge in [0.1, 0.15) is 11.5 Å². The molecule has 0 aromatic carbocycles. The molecular formula is C26H28F5N5OS. The second kappa shape index (κ2) is 10.9. The van der Waals surface area contributed by atoms with E-state index in [2.05, 4.69) is 20.3 Å². The summed E-state index contributed by atoms with van der Waals surface area (Å²) in [6.07, 6.45) is -0.951. The number of aliphatic imine (C=N–C) groups is 1. The minimum Gasteiger partial charge on any atom is -0.368 e. The summed E-state index contributed by atoms with van der Waals surface area (Å²) in [5.41, 5.74) is 0.490. The SMILES string of the molecule is Cc1cccc(-c2sc(C)nc2C(=O)N2CC(F)(F)C[C@@H](C)C2CNC2=C/CC/C=C(C(F)(F)F)/C=N\2)n1. The molecule has 2 aliphatic rings. The van der Waals surface area contributed by atoms with E-state index in [-0.39, 0.29) is 24.5 Å². The Hall–Kier alpha value is -3.15. The molecule has 2 atom stereocenters. The minimum atomic E-state index is -4.52. The maximum Gasteiger partial charge on any atom is 0.417 e. The number of thiazole rings is 1. The fourth-order valence-corrected chi connectivity index (χ4v) is 5.53. The largest absolute Gasteiger partial charge is 0.417 e. The summed E-state index contributed by atoms with van der Waals surface area (Å²) in [6.45, 7) is 4.43. The first kappa shape index (κ1) is 27.9. The number of nitrogens with one attached hydrogen (secondary N) is 1. The highest BCUT2D eigenvalue weighted by Gasteiger charge is 2.47. The van der Waals surface area contributed by atoms with Crippen LogP contribution in [0.15, 0.2) is 46.7 Å². The van der Waals surface area contributed by atoms with Gasteiger partial charge in [-0.1, -0.05) is 19.1 Å². The first-order chi connectivity index (χ1) is 17.8. The molecule has 2 aromatic rings. The molecule has 204 valence electrons. The highest BCUT2D eigenvalue weighted by Crippen LogP contribution is 2.37. The maximum absolute atomic E-state index is 14.7. The second-order valence-corrected chi connectivity index (χ2v) is 10.8. The van der Waals surface area contributed by atoms with Crippen molar-refractivity contribution in [3.8, 4) is 10.6 Å². The number of rotatable bonds is 5. The molecule has 0 spiro atoms. The van der Waals surface area contributed by atoms with Crippen molar-refractivity contribution in [3.05, 3.63) is 58.1 Å². The van der Waals surface area contributed by atoms with Crippen LogP contribution >= 0.6 is 11.3 Å². The van der Waals surface area contributed by atoms with E-state index in [1.165, 1.54) is 11.3 Å². The number of alkyl halides is 5. The van der Waals surface area contributed by atoms with Gasteiger partial charge in [-0.2, -0.15) is 13.2 Å². The zero-order chi connectivity index (χ0) is 27.7. The third-order valence-corrected chi connectivity index (χ3v) is 7.42. The summed E-state index contributed by atoms with van der Waals surface area (Å²) in [5.74, 6) is -4.13. The van der Waals surface area contributed by atoms with E-state index >= 15 is 0 Å². The molecule has 4 rings (SSSR count). The van der Waals surface area contributed by atoms with E-state index in [4.69, 9.17) is 0 Å². The quantitative estimate of drug-likeness (QED) is 0.455. The molecule has 12 heteroatoms. The Bertz CT molecular complexity index is 1280. The number of carbonyl (C=O) groups is 1. The lowest BCUT2D eigenvalue weighted by atomic mass is 9.88. The van der Waals surface area contributed by atoms with Gasteiger partial charge in [-0.05, 0) is 50.8 Å². The van der Waals surface area contributed by atoms with Crippen molar-refractivity contribution >= 4 is 23.5 Å². The van der Waals surface area contributed by atoms with Gasteiger partial charge in [0.15, 0.2) is 0 Å². The van der Waals surface area contributed by atoms with Gasteiger partial charge in [-0.15, -0.1) is 11.3 Å². The predicted molar refractivity (Wildman–Crippen MR) is 136 cm³/mol. The lowest BCUT2D eigenvalue weighted by molar-refractivity contribution is -0.0913. The normalized spacial score (nSPS) is 25.4. The van der Waals surface area contributed by atoms with Crippen molar-refractivity contribution in [3.63, 3.8) is 0 Å². The predicted octanol–water partition coefficient (Wildman–Crippen LogP) is 6.09. The number of hydrogen-bond donors (Lipinski definition) is 1. The number of piperidine rings is 1. The smallest absolute Gasteiger partial charge is 0.368 e. The van der Waals surface area contributed by atoms with Crippen LogP contribution in [-0.2, 0) is 0 Å². The second-order valence-electron chi connectivity index (χ2n) is 9.58. The van der Waals surface area contributed by atoms with Crippen LogP contribution in [0, 0.1) is 19.8 Å². The summed E-state index contributed by atoms with van der Waals surface area (Å²) in [7, 11) is 0. The highest BCUT2D eigenvalue weighted by atomic mass is 32.1. The molecule has 0 saturated carbocycles. The fraction of sp³-hybridized carbons (Fsp3) is 0.462. The Balaban J connectivity index is 1.60. The topological polar surface area (TPSA) is 70.5 Å². The molecule has 1 saturated heterocycles. The number of hydrogen-bond acceptors (Lipinski definition) is 6. The van der Waals surface area contributed by atoms with E-state index in [0.29, 0.717) is 22.0 Å². The van der Waals surface area contributed by atoms with Gasteiger partial charge in [-0.25, -0.2) is 18.8 Å². The van der Waals surface area contributed by atoms with Crippen molar-refractivity contribution in [2.75, 3.05) is 13.1 Å². The lowest BCUT2D eigenvalue weighted by Crippen LogP contribution is -2.58. The standard InChI is InChI=1S/C26H28F5N5OS/c1-15-11-25(27,28)14-36(20(15)13-33-21-10-5-4-8-18(12-32-21)26(29,30)31)24(37)22-23(38-17(3)35-22)19-9-6-7-16(2)34-19/h6-10,12,15,20,33H,4-5,11,13-14H2,1-3H3/b18-8-,21-10+,32-12-/t15-,20?/m1/s1. The number of allylic oxidation sites excluding steroid dienone is 3. The molecule has 1 amide bonds. The van der Waals surface area contributed by atoms with E-state index in [0.717, 1.165) is 22.9 Å². The number of likely N-dealkylation sites (tertiary alicyclic amines) is 1. The van der Waals surface area contributed by atoms with Gasteiger partial charge >= 0.3 is 6.18 Å². The highest BCUT2D eigenvalue weighted by molar-refractivity contribution is 7.15. The number of aromatic nitrogens is 2. The van der Waals surface area contributed by atoms with E-state index in [1.807, 2.05) is 13.0 Å². The Morgan fingerprint density at radius 1 is 1.18 bits per heavy atom. The van der Waals surface area contributed by atoms with Crippen LogP contribution in [0.3, 0.4) is 0 Å². The summed E-state index contributed by atoms with van der Waals surface area (Å²) >= 11 is 1.26. The number of aryl methyl sites for hydroxylation is 2. The fourth-order valence-electron chi connectivity index (χ4n) is 4.65. The van der Waals surface area contributed by atoms with Crippen molar-refractivity contribution in [1.29, 1.82) is 0 Å². The molecule has 0 aliphatic carbocycles. The van der Waals surface area contributed by atoms with Crippen LogP contribution in [0.4, 0.5) is 22.0 Å². The summed E-state index contributed by atoms with van der Waals surface area (Å²) in [4.78, 5) is 28.2. The van der Waals surface area contributed by atoms with Crippen LogP contribution in [0.1, 0.15) is 47.4 Å². The van der Waals surface area contributed by atoms with Crippen molar-refractivity contribution in [2.24, 2.45) is 10.9 Å². The molecule has 0 radical (unpaired) electrons. The third-order valence-electron chi connectivity index (χ3n) is 6.43. The Kier molecular flexibility index (Phi) is 8.01. The van der Waals surface area contributed by atoms with Gasteiger partial charge in [0, 0.05) is 24.9 Å². The number of pyridine rings is 1. The third kappa shape index (κ3) is 6.46. The number of amides is 1. The summed E-state index contributed by atoms with van der Waals surface area (Å²) < 4.78 is 68.8. The summed E-state index contributed by atoms with van der Waals surface area (Å²) in [5, 5.41) is 3.58. The van der Waals surface area contributed by atoms with E-state index in [9.17, 15) is 26.7 Å². The molecule has 6 nitrogen and oxygen atoms in total. The lowest BCUT2D eigenvalue weighted by Gasteiger charge is -2.43. The van der Waals surface area contributed by atoms with Crippen molar-refractivity contribution in [2.45, 2.75) is 58.2 Å². The first-order valence-electron chi connectivity index (χ1n) is 12.2. The number of halogens is 5. The monoisotopic (exact) mass is 553 g/mol. The van der Waals surface area contributed by atoms with Gasteiger partial charge in [0.2, 0.25) is 0 Å². The maximum atomic E-state index is 14.7. The Labute approximate surface area is 221 Å². The Morgan fingerprint density at radius 3 is 2.63 bits per heavy atom. The van der Waals surface area contributed by atoms with Crippen molar-refractivity contribution in [1.82, 2.24) is 20.2 Å². The zero-order valence-corrected chi connectivity index (χ0v) is 22.0. The zero-order valence-electron chi connectivity index (χ0n) is 21.1. The molecule has 1 unspecified atom stereocenters. The van der Waals surface area contributed by atoms with Crippen LogP contribution in [0.5, 0.6) is 0 Å². The molecule has 1 fully saturated rings. The van der Waals surface area contributed by atoms with Gasteiger partial charge in [0.05, 0.1) is 33.7 Å². The van der Waals surface area contributed by atoms with Gasteiger partial charge < -0.3 is 10.2 Å². The van der Waals surface area contributed by atoms with Crippen LogP contribution < -0.4 is 5.32 Å². The molecule has 1 N–H and O–H groups in total. The molecule has 2 aliphatic heterocycles. The Morgan fingerprint density at radius 2 is 1.92 bits per heavy atom. The van der Waals surface area contributed by atoms with Crippen LogP contribution in [-0.4, -0.2) is 58.2 Å². The molecule has 0 bridgehead atoms. The molecule has 38 heavy (non-hydrogen) atoms. The number of carbonyl (C=O) groups excluding carboxylic acids is 1. The van der Waals surface area contributed by atoms with E-state index < -0.39 is 48.5 Å². The van der Waals surface area contributed by atoms with Crippen LogP contribution in [0.25, 0.3) is 10.6 Å². The van der Waals surface area contributed by atoms with Gasteiger partial charge in [0.25, 0.3) is 11.8 Å². The van der Waals surface area contributed by atoms with Gasteiger partial charge in [-0.3, -0.25) is 9.78 Å². The average Bonchev–Trinajstić information content (AvgIpc) is 3.19. The molecule has 2 aromatic heterocycles. The van der Waals surface area contributed by atoms with E-state index in [1.54, 1.807) is 32.1 Å².